The van der Waals surface area contributed by atoms with E-state index in [1.807, 2.05) is 0 Å². The fourth-order valence-electron chi connectivity index (χ4n) is 1.67. The van der Waals surface area contributed by atoms with Crippen molar-refractivity contribution in [3.63, 3.8) is 0 Å². The summed E-state index contributed by atoms with van der Waals surface area (Å²) in [6.45, 7) is -0.0650. The molecular formula is C10H12FNO2. The van der Waals surface area contributed by atoms with Gasteiger partial charge in [0, 0.05) is 18.0 Å². The summed E-state index contributed by atoms with van der Waals surface area (Å²) in [5.74, 6) is 0.259. The molecule has 14 heavy (non-hydrogen) atoms. The molecule has 1 aliphatic rings. The van der Waals surface area contributed by atoms with Gasteiger partial charge >= 0.3 is 0 Å². The van der Waals surface area contributed by atoms with E-state index in [2.05, 4.69) is 0 Å². The van der Waals surface area contributed by atoms with Crippen LogP contribution in [0.4, 0.5) is 4.39 Å². The highest BCUT2D eigenvalue weighted by Gasteiger charge is 2.25. The number of nitrogens with two attached hydrogens (primary N) is 1. The van der Waals surface area contributed by atoms with E-state index in [4.69, 9.17) is 15.6 Å². The second-order valence-corrected chi connectivity index (χ2v) is 3.45. The Morgan fingerprint density at radius 3 is 3.07 bits per heavy atom. The van der Waals surface area contributed by atoms with Gasteiger partial charge in [-0.25, -0.2) is 4.39 Å². The van der Waals surface area contributed by atoms with E-state index in [1.165, 1.54) is 12.1 Å². The Balaban J connectivity index is 2.35. The van der Waals surface area contributed by atoms with Crippen LogP contribution in [0.1, 0.15) is 18.0 Å². The predicted octanol–water partition coefficient (Wildman–Crippen LogP) is 0.969. The minimum Gasteiger partial charge on any atom is -0.488 e. The lowest BCUT2D eigenvalue weighted by Crippen LogP contribution is -2.32. The molecule has 4 heteroatoms. The normalized spacial score (nSPS) is 25.4. The van der Waals surface area contributed by atoms with Crippen LogP contribution in [0.3, 0.4) is 0 Å². The Hall–Kier alpha value is -1.13. The summed E-state index contributed by atoms with van der Waals surface area (Å²) in [6, 6.07) is 4.00. The van der Waals surface area contributed by atoms with Gasteiger partial charge in [-0.15, -0.1) is 0 Å². The molecule has 0 aromatic heterocycles. The molecule has 3 N–H and O–H groups in total. The van der Waals surface area contributed by atoms with Gasteiger partial charge in [-0.3, -0.25) is 0 Å². The summed E-state index contributed by atoms with van der Waals surface area (Å²) in [6.07, 6.45) is 0.246. The Kier molecular flexibility index (Phi) is 2.39. The quantitative estimate of drug-likeness (QED) is 0.705. The van der Waals surface area contributed by atoms with Gasteiger partial charge in [0.05, 0.1) is 6.61 Å². The molecule has 0 saturated carbocycles. The Morgan fingerprint density at radius 2 is 2.36 bits per heavy atom. The number of hydrogen-bond donors (Lipinski definition) is 2. The molecule has 1 aromatic rings. The molecule has 0 fully saturated rings. The fraction of sp³-hybridized carbons (Fsp3) is 0.400. The molecule has 2 atom stereocenters. The molecule has 3 nitrogen and oxygen atoms in total. The van der Waals surface area contributed by atoms with E-state index in [1.54, 1.807) is 6.07 Å². The van der Waals surface area contributed by atoms with Gasteiger partial charge in [-0.05, 0) is 18.2 Å². The molecule has 0 bridgehead atoms. The first-order valence-electron chi connectivity index (χ1n) is 4.53. The summed E-state index contributed by atoms with van der Waals surface area (Å²) in [5.41, 5.74) is 6.50. The van der Waals surface area contributed by atoms with Crippen LogP contribution in [-0.2, 0) is 0 Å². The van der Waals surface area contributed by atoms with Gasteiger partial charge in [0.25, 0.3) is 0 Å². The molecule has 1 aliphatic heterocycles. The lowest BCUT2D eigenvalue weighted by atomic mass is 9.97. The third-order valence-corrected chi connectivity index (χ3v) is 2.39. The zero-order valence-electron chi connectivity index (χ0n) is 7.61. The van der Waals surface area contributed by atoms with E-state index in [-0.39, 0.29) is 24.6 Å². The molecule has 0 radical (unpaired) electrons. The molecule has 76 valence electrons. The van der Waals surface area contributed by atoms with Gasteiger partial charge in [0.15, 0.2) is 0 Å². The van der Waals surface area contributed by atoms with Crippen LogP contribution in [0.2, 0.25) is 0 Å². The average molecular weight is 197 g/mol. The van der Waals surface area contributed by atoms with Gasteiger partial charge in [-0.1, -0.05) is 0 Å². The van der Waals surface area contributed by atoms with E-state index in [9.17, 15) is 4.39 Å². The molecule has 1 unspecified atom stereocenters. The van der Waals surface area contributed by atoms with Crippen molar-refractivity contribution in [3.8, 4) is 5.75 Å². The van der Waals surface area contributed by atoms with Crippen molar-refractivity contribution in [1.82, 2.24) is 0 Å². The third-order valence-electron chi connectivity index (χ3n) is 2.39. The van der Waals surface area contributed by atoms with Crippen LogP contribution < -0.4 is 10.5 Å². The highest BCUT2D eigenvalue weighted by atomic mass is 19.1. The largest absolute Gasteiger partial charge is 0.488 e. The van der Waals surface area contributed by atoms with E-state index in [0.29, 0.717) is 17.7 Å². The second-order valence-electron chi connectivity index (χ2n) is 3.45. The molecule has 1 heterocycles. The molecule has 1 aromatic carbocycles. The van der Waals surface area contributed by atoms with Crippen molar-refractivity contribution >= 4 is 0 Å². The summed E-state index contributed by atoms with van der Waals surface area (Å²) in [4.78, 5) is 0. The topological polar surface area (TPSA) is 55.5 Å². The second kappa shape index (κ2) is 3.55. The van der Waals surface area contributed by atoms with Crippen LogP contribution >= 0.6 is 0 Å². The summed E-state index contributed by atoms with van der Waals surface area (Å²) in [5, 5.41) is 8.93. The first-order valence-corrected chi connectivity index (χ1v) is 4.53. The number of rotatable bonds is 1. The van der Waals surface area contributed by atoms with Crippen molar-refractivity contribution in [2.24, 2.45) is 5.73 Å². The number of fused-ring (bicyclic) bond motifs is 1. The Morgan fingerprint density at radius 1 is 1.57 bits per heavy atom. The summed E-state index contributed by atoms with van der Waals surface area (Å²) >= 11 is 0. The third kappa shape index (κ3) is 1.58. The minimum atomic E-state index is -0.315. The van der Waals surface area contributed by atoms with E-state index < -0.39 is 0 Å². The molecule has 0 aliphatic carbocycles. The lowest BCUT2D eigenvalue weighted by Gasteiger charge is -2.29. The molecular weight excluding hydrogens is 185 g/mol. The monoisotopic (exact) mass is 197 g/mol. The molecule has 0 amide bonds. The van der Waals surface area contributed by atoms with Crippen LogP contribution in [0, 0.1) is 5.82 Å². The first-order chi connectivity index (χ1) is 6.70. The highest BCUT2D eigenvalue weighted by molar-refractivity contribution is 5.38. The van der Waals surface area contributed by atoms with Gasteiger partial charge in [0.1, 0.15) is 17.7 Å². The molecule has 0 spiro atoms. The van der Waals surface area contributed by atoms with Gasteiger partial charge < -0.3 is 15.6 Å². The van der Waals surface area contributed by atoms with Crippen molar-refractivity contribution in [2.45, 2.75) is 18.6 Å². The van der Waals surface area contributed by atoms with Crippen molar-refractivity contribution < 1.29 is 14.2 Å². The zero-order chi connectivity index (χ0) is 10.1. The lowest BCUT2D eigenvalue weighted by molar-refractivity contribution is 0.0886. The number of halogens is 1. The molecule has 0 saturated heterocycles. The maximum Gasteiger partial charge on any atom is 0.124 e. The van der Waals surface area contributed by atoms with Crippen LogP contribution in [0.25, 0.3) is 0 Å². The average Bonchev–Trinajstić information content (AvgIpc) is 2.19. The Bertz CT molecular complexity index is 343. The maximum absolute atomic E-state index is 12.9. The zero-order valence-corrected chi connectivity index (χ0v) is 7.61. The summed E-state index contributed by atoms with van der Waals surface area (Å²) in [7, 11) is 0. The summed E-state index contributed by atoms with van der Waals surface area (Å²) < 4.78 is 18.3. The van der Waals surface area contributed by atoms with Crippen molar-refractivity contribution in [1.29, 1.82) is 0 Å². The number of hydrogen-bond acceptors (Lipinski definition) is 3. The van der Waals surface area contributed by atoms with Gasteiger partial charge in [0.2, 0.25) is 0 Å². The SMILES string of the molecule is N[C@H]1CC(CO)Oc2ccc(F)cc21. The minimum absolute atomic E-state index is 0.0650. The molecule has 2 rings (SSSR count). The number of aliphatic hydroxyl groups excluding tert-OH is 1. The number of ether oxygens (including phenoxy) is 1. The van der Waals surface area contributed by atoms with Crippen molar-refractivity contribution in [3.05, 3.63) is 29.6 Å². The van der Waals surface area contributed by atoms with Crippen molar-refractivity contribution in [2.75, 3.05) is 6.61 Å². The Labute approximate surface area is 81.3 Å². The van der Waals surface area contributed by atoms with Crippen LogP contribution in [0.15, 0.2) is 18.2 Å². The predicted molar refractivity (Wildman–Crippen MR) is 49.4 cm³/mol. The van der Waals surface area contributed by atoms with Crippen LogP contribution in [0.5, 0.6) is 5.75 Å². The number of aliphatic hydroxyl groups is 1. The standard InChI is InChI=1S/C10H12FNO2/c11-6-1-2-10-8(3-6)9(12)4-7(5-13)14-10/h1-3,7,9,13H,4-5,12H2/t7?,9-/m0/s1. The van der Waals surface area contributed by atoms with Gasteiger partial charge in [-0.2, -0.15) is 0 Å². The number of benzene rings is 1. The first kappa shape index (κ1) is 9.43. The smallest absolute Gasteiger partial charge is 0.124 e. The van der Waals surface area contributed by atoms with E-state index in [0.717, 1.165) is 0 Å². The van der Waals surface area contributed by atoms with Crippen LogP contribution in [-0.4, -0.2) is 17.8 Å². The fourth-order valence-corrected chi connectivity index (χ4v) is 1.67. The van der Waals surface area contributed by atoms with E-state index >= 15 is 0 Å². The maximum atomic E-state index is 12.9. The highest BCUT2D eigenvalue weighted by Crippen LogP contribution is 2.33.